The van der Waals surface area contributed by atoms with Crippen LogP contribution in [-0.2, 0) is 0 Å². The lowest BCUT2D eigenvalue weighted by Gasteiger charge is -2.29. The quantitative estimate of drug-likeness (QED) is 0.542. The van der Waals surface area contributed by atoms with E-state index in [-0.39, 0.29) is 0 Å². The second kappa shape index (κ2) is 3.93. The van der Waals surface area contributed by atoms with Crippen LogP contribution in [0.15, 0.2) is 23.8 Å². The summed E-state index contributed by atoms with van der Waals surface area (Å²) < 4.78 is 0. The summed E-state index contributed by atoms with van der Waals surface area (Å²) >= 11 is 0. The maximum atomic E-state index is 3.82. The van der Waals surface area contributed by atoms with Crippen molar-refractivity contribution in [3.8, 4) is 0 Å². The molecule has 68 valence electrons. The van der Waals surface area contributed by atoms with E-state index in [0.717, 1.165) is 11.8 Å². The Morgan fingerprint density at radius 1 is 1.33 bits per heavy atom. The smallest absolute Gasteiger partial charge is 0.0286 e. The van der Waals surface area contributed by atoms with Gasteiger partial charge < -0.3 is 0 Å². The number of allylic oxidation sites excluding steroid dienone is 3. The van der Waals surface area contributed by atoms with E-state index < -0.39 is 0 Å². The fraction of sp³-hybridized carbons (Fsp3) is 0.667. The van der Waals surface area contributed by atoms with Crippen molar-refractivity contribution >= 4 is 0 Å². The van der Waals surface area contributed by atoms with Gasteiger partial charge in [0.25, 0.3) is 0 Å². The molecule has 0 nitrogen and oxygen atoms in total. The van der Waals surface area contributed by atoms with Crippen molar-refractivity contribution in [1.29, 1.82) is 0 Å². The van der Waals surface area contributed by atoms with Crippen molar-refractivity contribution in [2.24, 2.45) is 11.8 Å². The Bertz CT molecular complexity index is 198. The highest BCUT2D eigenvalue weighted by Gasteiger charge is 2.22. The van der Waals surface area contributed by atoms with Crippen molar-refractivity contribution in [1.82, 2.24) is 0 Å². The normalized spacial score (nSPS) is 30.6. The van der Waals surface area contributed by atoms with Crippen molar-refractivity contribution in [3.63, 3.8) is 0 Å². The van der Waals surface area contributed by atoms with Crippen LogP contribution in [-0.4, -0.2) is 0 Å². The van der Waals surface area contributed by atoms with Gasteiger partial charge in [-0.2, -0.15) is 0 Å². The first-order valence-corrected chi connectivity index (χ1v) is 4.91. The summed E-state index contributed by atoms with van der Waals surface area (Å²) in [6.45, 7) is 10.7. The van der Waals surface area contributed by atoms with Crippen LogP contribution in [0.1, 0.15) is 40.0 Å². The molecule has 0 aromatic rings. The van der Waals surface area contributed by atoms with E-state index >= 15 is 0 Å². The number of rotatable bonds is 2. The molecule has 2 unspecified atom stereocenters. The highest BCUT2D eigenvalue weighted by molar-refractivity contribution is 5.15. The van der Waals surface area contributed by atoms with Gasteiger partial charge in [-0.05, 0) is 44.9 Å². The standard InChI is InChI=1S/C12H20/c1-5-6-12-8-10(3)9(2)7-11(12)4/h5,11-12H,1,6-8H2,2-4H3. The van der Waals surface area contributed by atoms with Crippen LogP contribution < -0.4 is 0 Å². The molecule has 0 N–H and O–H groups in total. The lowest BCUT2D eigenvalue weighted by molar-refractivity contribution is 0.334. The van der Waals surface area contributed by atoms with Gasteiger partial charge in [-0.1, -0.05) is 24.1 Å². The number of hydrogen-bond acceptors (Lipinski definition) is 0. The van der Waals surface area contributed by atoms with Crippen molar-refractivity contribution in [3.05, 3.63) is 23.8 Å². The van der Waals surface area contributed by atoms with Gasteiger partial charge in [0, 0.05) is 0 Å². The maximum Gasteiger partial charge on any atom is -0.0286 e. The second-order valence-corrected chi connectivity index (χ2v) is 4.23. The SMILES string of the molecule is C=CCC1CC(C)=C(C)CC1C. The largest absolute Gasteiger partial charge is 0.103 e. The third kappa shape index (κ3) is 2.00. The molecule has 0 aromatic carbocycles. The average molecular weight is 164 g/mol. The van der Waals surface area contributed by atoms with E-state index in [1.54, 1.807) is 11.1 Å². The Balaban J connectivity index is 2.64. The minimum absolute atomic E-state index is 0.853. The van der Waals surface area contributed by atoms with E-state index in [1.807, 2.05) is 0 Å². The Kier molecular flexibility index (Phi) is 3.13. The van der Waals surface area contributed by atoms with Gasteiger partial charge in [0.1, 0.15) is 0 Å². The molecule has 0 amide bonds. The summed E-state index contributed by atoms with van der Waals surface area (Å²) in [6, 6.07) is 0. The van der Waals surface area contributed by atoms with Crippen LogP contribution >= 0.6 is 0 Å². The zero-order valence-corrected chi connectivity index (χ0v) is 8.56. The summed E-state index contributed by atoms with van der Waals surface area (Å²) in [5.41, 5.74) is 3.22. The Labute approximate surface area is 76.4 Å². The highest BCUT2D eigenvalue weighted by Crippen LogP contribution is 2.35. The molecule has 0 saturated heterocycles. The topological polar surface area (TPSA) is 0 Å². The minimum atomic E-state index is 0.853. The van der Waals surface area contributed by atoms with Crippen LogP contribution in [0.2, 0.25) is 0 Å². The van der Waals surface area contributed by atoms with Gasteiger partial charge in [-0.3, -0.25) is 0 Å². The van der Waals surface area contributed by atoms with Crippen LogP contribution in [0.25, 0.3) is 0 Å². The maximum absolute atomic E-state index is 3.82. The molecule has 0 bridgehead atoms. The first-order chi connectivity index (χ1) is 5.65. The molecular formula is C12H20. The molecule has 0 fully saturated rings. The second-order valence-electron chi connectivity index (χ2n) is 4.23. The summed E-state index contributed by atoms with van der Waals surface area (Å²) in [4.78, 5) is 0. The molecule has 1 aliphatic rings. The Morgan fingerprint density at radius 3 is 2.50 bits per heavy atom. The lowest BCUT2D eigenvalue weighted by Crippen LogP contribution is -2.17. The zero-order valence-electron chi connectivity index (χ0n) is 8.56. The van der Waals surface area contributed by atoms with Crippen molar-refractivity contribution in [2.75, 3.05) is 0 Å². The van der Waals surface area contributed by atoms with E-state index in [1.165, 1.54) is 19.3 Å². The Hall–Kier alpha value is -0.520. The van der Waals surface area contributed by atoms with Gasteiger partial charge in [-0.15, -0.1) is 6.58 Å². The molecule has 0 aliphatic heterocycles. The van der Waals surface area contributed by atoms with Gasteiger partial charge in [0.15, 0.2) is 0 Å². The number of hydrogen-bond donors (Lipinski definition) is 0. The minimum Gasteiger partial charge on any atom is -0.103 e. The highest BCUT2D eigenvalue weighted by atomic mass is 14.3. The monoisotopic (exact) mass is 164 g/mol. The molecule has 0 radical (unpaired) electrons. The van der Waals surface area contributed by atoms with Crippen molar-refractivity contribution in [2.45, 2.75) is 40.0 Å². The fourth-order valence-electron chi connectivity index (χ4n) is 2.12. The first-order valence-electron chi connectivity index (χ1n) is 4.91. The summed E-state index contributed by atoms with van der Waals surface area (Å²) in [6.07, 6.45) is 5.84. The molecule has 12 heavy (non-hydrogen) atoms. The van der Waals surface area contributed by atoms with Crippen LogP contribution in [0.5, 0.6) is 0 Å². The molecule has 2 atom stereocenters. The van der Waals surface area contributed by atoms with Crippen LogP contribution in [0.4, 0.5) is 0 Å². The third-order valence-electron chi connectivity index (χ3n) is 3.20. The van der Waals surface area contributed by atoms with E-state index in [2.05, 4.69) is 33.4 Å². The predicted molar refractivity (Wildman–Crippen MR) is 55.1 cm³/mol. The molecule has 1 rings (SSSR count). The fourth-order valence-corrected chi connectivity index (χ4v) is 2.12. The summed E-state index contributed by atoms with van der Waals surface area (Å²) in [5, 5.41) is 0. The van der Waals surface area contributed by atoms with Crippen LogP contribution in [0, 0.1) is 11.8 Å². The summed E-state index contributed by atoms with van der Waals surface area (Å²) in [7, 11) is 0. The predicted octanol–water partition coefficient (Wildman–Crippen LogP) is 3.95. The Morgan fingerprint density at radius 2 is 1.92 bits per heavy atom. The lowest BCUT2D eigenvalue weighted by atomic mass is 9.76. The molecule has 0 spiro atoms. The average Bonchev–Trinajstić information content (AvgIpc) is 2.01. The molecule has 1 aliphatic carbocycles. The van der Waals surface area contributed by atoms with Gasteiger partial charge in [-0.25, -0.2) is 0 Å². The summed E-state index contributed by atoms with van der Waals surface area (Å²) in [5.74, 6) is 1.71. The molecule has 0 heteroatoms. The van der Waals surface area contributed by atoms with Crippen molar-refractivity contribution < 1.29 is 0 Å². The van der Waals surface area contributed by atoms with E-state index in [4.69, 9.17) is 0 Å². The van der Waals surface area contributed by atoms with Gasteiger partial charge in [0.2, 0.25) is 0 Å². The zero-order chi connectivity index (χ0) is 9.14. The van der Waals surface area contributed by atoms with E-state index in [0.29, 0.717) is 0 Å². The molecule has 0 heterocycles. The van der Waals surface area contributed by atoms with Gasteiger partial charge in [0.05, 0.1) is 0 Å². The first kappa shape index (κ1) is 9.57. The molecule has 0 aromatic heterocycles. The third-order valence-corrected chi connectivity index (χ3v) is 3.20. The van der Waals surface area contributed by atoms with E-state index in [9.17, 15) is 0 Å². The molecular weight excluding hydrogens is 144 g/mol. The van der Waals surface area contributed by atoms with Crippen LogP contribution in [0.3, 0.4) is 0 Å². The molecule has 0 saturated carbocycles. The van der Waals surface area contributed by atoms with Gasteiger partial charge >= 0.3 is 0 Å².